The molecule has 0 heterocycles. The SMILES string of the molecule is CCNCc1ccc(N(C)CC(C)C)c(C)c1. The van der Waals surface area contributed by atoms with E-state index in [1.54, 1.807) is 0 Å². The van der Waals surface area contributed by atoms with E-state index in [1.807, 2.05) is 0 Å². The van der Waals surface area contributed by atoms with E-state index < -0.39 is 0 Å². The molecule has 0 aromatic heterocycles. The zero-order chi connectivity index (χ0) is 12.8. The van der Waals surface area contributed by atoms with Gasteiger partial charge in [0.25, 0.3) is 0 Å². The van der Waals surface area contributed by atoms with Crippen molar-refractivity contribution in [1.82, 2.24) is 5.32 Å². The zero-order valence-electron chi connectivity index (χ0n) is 11.9. The Labute approximate surface area is 106 Å². The predicted molar refractivity (Wildman–Crippen MR) is 76.7 cm³/mol. The fraction of sp³-hybridized carbons (Fsp3) is 0.600. The summed E-state index contributed by atoms with van der Waals surface area (Å²) in [6.45, 7) is 11.9. The van der Waals surface area contributed by atoms with Crippen molar-refractivity contribution in [2.24, 2.45) is 5.92 Å². The Kier molecular flexibility index (Phi) is 5.49. The number of hydrogen-bond donors (Lipinski definition) is 1. The molecule has 0 unspecified atom stereocenters. The van der Waals surface area contributed by atoms with Gasteiger partial charge < -0.3 is 10.2 Å². The maximum atomic E-state index is 3.36. The fourth-order valence-electron chi connectivity index (χ4n) is 2.17. The number of nitrogens with zero attached hydrogens (tertiary/aromatic N) is 1. The molecule has 0 spiro atoms. The van der Waals surface area contributed by atoms with Crippen LogP contribution in [-0.4, -0.2) is 20.1 Å². The first-order valence-corrected chi connectivity index (χ1v) is 6.56. The van der Waals surface area contributed by atoms with Crippen molar-refractivity contribution in [2.45, 2.75) is 34.2 Å². The highest BCUT2D eigenvalue weighted by Gasteiger charge is 2.06. The first kappa shape index (κ1) is 14.0. The van der Waals surface area contributed by atoms with Crippen molar-refractivity contribution < 1.29 is 0 Å². The second kappa shape index (κ2) is 6.65. The summed E-state index contributed by atoms with van der Waals surface area (Å²) in [4.78, 5) is 2.34. The maximum absolute atomic E-state index is 3.36. The highest BCUT2D eigenvalue weighted by molar-refractivity contribution is 5.53. The van der Waals surface area contributed by atoms with E-state index in [9.17, 15) is 0 Å². The Morgan fingerprint density at radius 2 is 2.00 bits per heavy atom. The maximum Gasteiger partial charge on any atom is 0.0393 e. The summed E-state index contributed by atoms with van der Waals surface area (Å²) < 4.78 is 0. The fourth-order valence-corrected chi connectivity index (χ4v) is 2.17. The molecule has 2 nitrogen and oxygen atoms in total. The third-order valence-corrected chi connectivity index (χ3v) is 2.89. The minimum absolute atomic E-state index is 0.695. The van der Waals surface area contributed by atoms with Crippen LogP contribution in [0.1, 0.15) is 31.9 Å². The topological polar surface area (TPSA) is 15.3 Å². The Morgan fingerprint density at radius 1 is 1.29 bits per heavy atom. The van der Waals surface area contributed by atoms with Crippen LogP contribution in [0.3, 0.4) is 0 Å². The van der Waals surface area contributed by atoms with Crippen LogP contribution in [0.15, 0.2) is 18.2 Å². The minimum Gasteiger partial charge on any atom is -0.374 e. The van der Waals surface area contributed by atoms with Crippen LogP contribution < -0.4 is 10.2 Å². The van der Waals surface area contributed by atoms with E-state index in [2.05, 4.69) is 63.2 Å². The molecule has 0 amide bonds. The van der Waals surface area contributed by atoms with E-state index in [-0.39, 0.29) is 0 Å². The van der Waals surface area contributed by atoms with Gasteiger partial charge >= 0.3 is 0 Å². The molecule has 0 radical (unpaired) electrons. The summed E-state index contributed by atoms with van der Waals surface area (Å²) in [5.41, 5.74) is 4.08. The van der Waals surface area contributed by atoms with Crippen LogP contribution in [0.25, 0.3) is 0 Å². The number of rotatable bonds is 6. The number of anilines is 1. The first-order valence-electron chi connectivity index (χ1n) is 6.56. The third kappa shape index (κ3) is 4.39. The van der Waals surface area contributed by atoms with Gasteiger partial charge in [-0.1, -0.05) is 32.9 Å². The molecule has 0 aliphatic heterocycles. The quantitative estimate of drug-likeness (QED) is 0.813. The average Bonchev–Trinajstić information content (AvgIpc) is 2.25. The standard InChI is InChI=1S/C15H26N2/c1-6-16-10-14-7-8-15(13(4)9-14)17(5)11-12(2)3/h7-9,12,16H,6,10-11H2,1-5H3. The van der Waals surface area contributed by atoms with Gasteiger partial charge in [-0.3, -0.25) is 0 Å². The summed E-state index contributed by atoms with van der Waals surface area (Å²) in [5.74, 6) is 0.695. The van der Waals surface area contributed by atoms with Crippen LogP contribution in [0.2, 0.25) is 0 Å². The molecule has 96 valence electrons. The molecule has 1 aromatic carbocycles. The molecule has 0 fully saturated rings. The first-order chi connectivity index (χ1) is 8.04. The monoisotopic (exact) mass is 234 g/mol. The van der Waals surface area contributed by atoms with E-state index in [1.165, 1.54) is 16.8 Å². The molecule has 1 aromatic rings. The van der Waals surface area contributed by atoms with Gasteiger partial charge in [-0.05, 0) is 36.6 Å². The van der Waals surface area contributed by atoms with Gasteiger partial charge in [0.05, 0.1) is 0 Å². The highest BCUT2D eigenvalue weighted by Crippen LogP contribution is 2.21. The van der Waals surface area contributed by atoms with Crippen LogP contribution >= 0.6 is 0 Å². The molecule has 1 rings (SSSR count). The Balaban J connectivity index is 2.74. The van der Waals surface area contributed by atoms with Gasteiger partial charge in [0, 0.05) is 25.8 Å². The lowest BCUT2D eigenvalue weighted by atomic mass is 10.1. The van der Waals surface area contributed by atoms with E-state index in [4.69, 9.17) is 0 Å². The van der Waals surface area contributed by atoms with Gasteiger partial charge in [-0.25, -0.2) is 0 Å². The second-order valence-electron chi connectivity index (χ2n) is 5.18. The largest absolute Gasteiger partial charge is 0.374 e. The van der Waals surface area contributed by atoms with Crippen LogP contribution in [0, 0.1) is 12.8 Å². The highest BCUT2D eigenvalue weighted by atomic mass is 15.1. The van der Waals surface area contributed by atoms with Crippen molar-refractivity contribution in [2.75, 3.05) is 25.0 Å². The number of benzene rings is 1. The predicted octanol–water partition coefficient (Wildman–Crippen LogP) is 3.20. The number of hydrogen-bond acceptors (Lipinski definition) is 2. The normalized spacial score (nSPS) is 10.9. The average molecular weight is 234 g/mol. The van der Waals surface area contributed by atoms with Gasteiger partial charge in [0.15, 0.2) is 0 Å². The Hall–Kier alpha value is -1.02. The lowest BCUT2D eigenvalue weighted by molar-refractivity contribution is 0.637. The molecule has 17 heavy (non-hydrogen) atoms. The minimum atomic E-state index is 0.695. The van der Waals surface area contributed by atoms with Crippen molar-refractivity contribution in [3.8, 4) is 0 Å². The molecule has 0 saturated heterocycles. The molecule has 0 atom stereocenters. The molecule has 1 N–H and O–H groups in total. The molecule has 0 aliphatic carbocycles. The Morgan fingerprint density at radius 3 is 2.53 bits per heavy atom. The zero-order valence-corrected chi connectivity index (χ0v) is 11.9. The lowest BCUT2D eigenvalue weighted by Gasteiger charge is -2.24. The van der Waals surface area contributed by atoms with Crippen LogP contribution in [0.4, 0.5) is 5.69 Å². The number of aryl methyl sites for hydroxylation is 1. The summed E-state index contributed by atoms with van der Waals surface area (Å²) in [6, 6.07) is 6.75. The second-order valence-corrected chi connectivity index (χ2v) is 5.18. The van der Waals surface area contributed by atoms with Gasteiger partial charge in [-0.15, -0.1) is 0 Å². The number of nitrogens with one attached hydrogen (secondary N) is 1. The van der Waals surface area contributed by atoms with Crippen LogP contribution in [-0.2, 0) is 6.54 Å². The van der Waals surface area contributed by atoms with Gasteiger partial charge in [-0.2, -0.15) is 0 Å². The van der Waals surface area contributed by atoms with Crippen molar-refractivity contribution in [1.29, 1.82) is 0 Å². The van der Waals surface area contributed by atoms with Crippen molar-refractivity contribution >= 4 is 5.69 Å². The van der Waals surface area contributed by atoms with E-state index in [0.29, 0.717) is 5.92 Å². The molecule has 0 bridgehead atoms. The Bertz CT molecular complexity index is 345. The molecular formula is C15H26N2. The van der Waals surface area contributed by atoms with Crippen LogP contribution in [0.5, 0.6) is 0 Å². The third-order valence-electron chi connectivity index (χ3n) is 2.89. The summed E-state index contributed by atoms with van der Waals surface area (Å²) in [6.07, 6.45) is 0. The lowest BCUT2D eigenvalue weighted by Crippen LogP contribution is -2.23. The van der Waals surface area contributed by atoms with E-state index >= 15 is 0 Å². The van der Waals surface area contributed by atoms with E-state index in [0.717, 1.165) is 19.6 Å². The van der Waals surface area contributed by atoms with Crippen molar-refractivity contribution in [3.05, 3.63) is 29.3 Å². The molecule has 2 heteroatoms. The molecule has 0 aliphatic rings. The summed E-state index contributed by atoms with van der Waals surface area (Å²) in [5, 5.41) is 3.36. The summed E-state index contributed by atoms with van der Waals surface area (Å²) in [7, 11) is 2.17. The van der Waals surface area contributed by atoms with Gasteiger partial charge in [0.2, 0.25) is 0 Å². The van der Waals surface area contributed by atoms with Gasteiger partial charge in [0.1, 0.15) is 0 Å². The molecular weight excluding hydrogens is 208 g/mol. The summed E-state index contributed by atoms with van der Waals surface area (Å²) >= 11 is 0. The molecule has 0 saturated carbocycles. The smallest absolute Gasteiger partial charge is 0.0393 e. The van der Waals surface area contributed by atoms with Crippen molar-refractivity contribution in [3.63, 3.8) is 0 Å².